The molecule has 106 valence electrons. The molecule has 1 heterocycles. The van der Waals surface area contributed by atoms with E-state index in [2.05, 4.69) is 26.1 Å². The number of benzene rings is 1. The van der Waals surface area contributed by atoms with Crippen LogP contribution in [0.5, 0.6) is 0 Å². The highest BCUT2D eigenvalue weighted by Gasteiger charge is 2.14. The molecule has 0 saturated carbocycles. The predicted octanol–water partition coefficient (Wildman–Crippen LogP) is 2.14. The Hall–Kier alpha value is -1.38. The van der Waals surface area contributed by atoms with Gasteiger partial charge in [-0.25, -0.2) is 0 Å². The number of hydrogen-bond acceptors (Lipinski definition) is 6. The molecule has 2 aromatic rings. The largest absolute Gasteiger partial charge is 0.480 e. The van der Waals surface area contributed by atoms with Gasteiger partial charge >= 0.3 is 5.97 Å². The van der Waals surface area contributed by atoms with Gasteiger partial charge in [0.15, 0.2) is 0 Å². The predicted molar refractivity (Wildman–Crippen MR) is 79.2 cm³/mol. The van der Waals surface area contributed by atoms with E-state index in [4.69, 9.17) is 15.3 Å². The maximum atomic E-state index is 10.6. The minimum atomic E-state index is -1.02. The molecular weight excluding hydrogens is 346 g/mol. The van der Waals surface area contributed by atoms with Crippen LogP contribution in [-0.2, 0) is 10.5 Å². The Bertz CT molecular complexity index is 605. The van der Waals surface area contributed by atoms with Gasteiger partial charge in [-0.05, 0) is 28.1 Å². The van der Waals surface area contributed by atoms with Crippen molar-refractivity contribution >= 4 is 33.7 Å². The topological polar surface area (TPSA) is 102 Å². The summed E-state index contributed by atoms with van der Waals surface area (Å²) in [5.74, 6) is 0.575. The van der Waals surface area contributed by atoms with E-state index in [1.807, 2.05) is 24.3 Å². The van der Waals surface area contributed by atoms with E-state index in [-0.39, 0.29) is 0 Å². The number of aromatic nitrogens is 2. The minimum Gasteiger partial charge on any atom is -0.480 e. The molecular formula is C12H12BrN3O3S. The second kappa shape index (κ2) is 6.87. The van der Waals surface area contributed by atoms with Crippen LogP contribution < -0.4 is 5.73 Å². The van der Waals surface area contributed by atoms with Gasteiger partial charge in [-0.1, -0.05) is 12.1 Å². The summed E-state index contributed by atoms with van der Waals surface area (Å²) in [4.78, 5) is 10.6. The Morgan fingerprint density at radius 2 is 2.20 bits per heavy atom. The first kappa shape index (κ1) is 15.0. The standard InChI is InChI=1S/C12H12BrN3O3S/c13-8-4-2-1-3-7(8)11-16-15-10(19-11)6-20-5-9(14)12(17)18/h1-4,9H,5-6,14H2,(H,17,18)/t9-/m0/s1. The Morgan fingerprint density at radius 1 is 1.45 bits per heavy atom. The summed E-state index contributed by atoms with van der Waals surface area (Å²) in [5, 5.41) is 16.6. The number of carbonyl (C=O) groups is 1. The zero-order valence-electron chi connectivity index (χ0n) is 10.3. The zero-order chi connectivity index (χ0) is 14.5. The van der Waals surface area contributed by atoms with Crippen LogP contribution >= 0.6 is 27.7 Å². The van der Waals surface area contributed by atoms with Gasteiger partial charge in [-0.2, -0.15) is 0 Å². The average Bonchev–Trinajstić information content (AvgIpc) is 2.87. The van der Waals surface area contributed by atoms with Crippen molar-refractivity contribution in [2.45, 2.75) is 11.8 Å². The summed E-state index contributed by atoms with van der Waals surface area (Å²) in [5.41, 5.74) is 6.22. The summed E-state index contributed by atoms with van der Waals surface area (Å²) in [7, 11) is 0. The van der Waals surface area contributed by atoms with Gasteiger partial charge in [0, 0.05) is 10.2 Å². The lowest BCUT2D eigenvalue weighted by atomic mass is 10.2. The first-order chi connectivity index (χ1) is 9.58. The van der Waals surface area contributed by atoms with E-state index in [1.54, 1.807) is 0 Å². The summed E-state index contributed by atoms with van der Waals surface area (Å²) in [6.45, 7) is 0. The van der Waals surface area contributed by atoms with Gasteiger partial charge in [0.2, 0.25) is 11.8 Å². The van der Waals surface area contributed by atoms with Crippen molar-refractivity contribution < 1.29 is 14.3 Å². The SMILES string of the molecule is N[C@@H](CSCc1nnc(-c2ccccc2Br)o1)C(=O)O. The van der Waals surface area contributed by atoms with Gasteiger partial charge in [-0.3, -0.25) is 4.79 Å². The van der Waals surface area contributed by atoms with Gasteiger partial charge in [0.1, 0.15) is 6.04 Å². The number of nitrogens with two attached hydrogens (primary N) is 1. The fourth-order valence-electron chi connectivity index (χ4n) is 1.40. The zero-order valence-corrected chi connectivity index (χ0v) is 12.7. The van der Waals surface area contributed by atoms with Crippen molar-refractivity contribution in [3.63, 3.8) is 0 Å². The molecule has 0 saturated heterocycles. The Labute approximate surface area is 127 Å². The molecule has 0 bridgehead atoms. The van der Waals surface area contributed by atoms with E-state index in [0.29, 0.717) is 23.3 Å². The fourth-order valence-corrected chi connectivity index (χ4v) is 2.66. The van der Waals surface area contributed by atoms with Crippen molar-refractivity contribution in [3.8, 4) is 11.5 Å². The lowest BCUT2D eigenvalue weighted by Crippen LogP contribution is -2.32. The monoisotopic (exact) mass is 357 g/mol. The van der Waals surface area contributed by atoms with E-state index in [9.17, 15) is 4.79 Å². The number of rotatable bonds is 6. The number of hydrogen-bond donors (Lipinski definition) is 2. The molecule has 0 aliphatic heterocycles. The third-order valence-electron chi connectivity index (χ3n) is 2.41. The van der Waals surface area contributed by atoms with Crippen LogP contribution in [0.15, 0.2) is 33.2 Å². The Morgan fingerprint density at radius 3 is 2.90 bits per heavy atom. The van der Waals surface area contributed by atoms with Gasteiger partial charge in [0.05, 0.1) is 11.3 Å². The van der Waals surface area contributed by atoms with Gasteiger partial charge in [-0.15, -0.1) is 22.0 Å². The summed E-state index contributed by atoms with van der Waals surface area (Å²) < 4.78 is 6.40. The minimum absolute atomic E-state index is 0.294. The van der Waals surface area contributed by atoms with Crippen LogP contribution in [0, 0.1) is 0 Å². The maximum absolute atomic E-state index is 10.6. The lowest BCUT2D eigenvalue weighted by Gasteiger charge is -2.03. The molecule has 0 radical (unpaired) electrons. The summed E-state index contributed by atoms with van der Waals surface area (Å²) in [6, 6.07) is 6.65. The first-order valence-electron chi connectivity index (χ1n) is 5.71. The number of halogens is 1. The first-order valence-corrected chi connectivity index (χ1v) is 7.66. The molecule has 8 heteroatoms. The molecule has 0 aliphatic carbocycles. The number of aliphatic carboxylic acids is 1. The molecule has 6 nitrogen and oxygen atoms in total. The molecule has 0 fully saturated rings. The third kappa shape index (κ3) is 3.81. The van der Waals surface area contributed by atoms with Crippen LogP contribution in [0.2, 0.25) is 0 Å². The van der Waals surface area contributed by atoms with Crippen molar-refractivity contribution in [1.82, 2.24) is 10.2 Å². The number of carboxylic acid groups (broad SMARTS) is 1. The molecule has 1 atom stereocenters. The molecule has 1 aromatic heterocycles. The van der Waals surface area contributed by atoms with Crippen LogP contribution in [-0.4, -0.2) is 33.1 Å². The molecule has 3 N–H and O–H groups in total. The van der Waals surface area contributed by atoms with Crippen molar-refractivity contribution in [1.29, 1.82) is 0 Å². The van der Waals surface area contributed by atoms with Crippen molar-refractivity contribution in [2.24, 2.45) is 5.73 Å². The molecule has 2 rings (SSSR count). The quantitative estimate of drug-likeness (QED) is 0.816. The highest BCUT2D eigenvalue weighted by atomic mass is 79.9. The fraction of sp³-hybridized carbons (Fsp3) is 0.250. The van der Waals surface area contributed by atoms with E-state index >= 15 is 0 Å². The molecule has 0 unspecified atom stereocenters. The number of carboxylic acids is 1. The van der Waals surface area contributed by atoms with Crippen LogP contribution in [0.3, 0.4) is 0 Å². The Balaban J connectivity index is 1.96. The van der Waals surface area contributed by atoms with Crippen molar-refractivity contribution in [2.75, 3.05) is 5.75 Å². The van der Waals surface area contributed by atoms with E-state index < -0.39 is 12.0 Å². The number of nitrogens with zero attached hydrogens (tertiary/aromatic N) is 2. The maximum Gasteiger partial charge on any atom is 0.321 e. The Kier molecular flexibility index (Phi) is 5.16. The molecule has 0 spiro atoms. The lowest BCUT2D eigenvalue weighted by molar-refractivity contribution is -0.137. The molecule has 0 amide bonds. The van der Waals surface area contributed by atoms with Crippen LogP contribution in [0.25, 0.3) is 11.5 Å². The van der Waals surface area contributed by atoms with Crippen molar-refractivity contribution in [3.05, 3.63) is 34.6 Å². The number of thioether (sulfide) groups is 1. The second-order valence-corrected chi connectivity index (χ2v) is 5.83. The molecule has 1 aromatic carbocycles. The molecule has 20 heavy (non-hydrogen) atoms. The smallest absolute Gasteiger partial charge is 0.321 e. The van der Waals surface area contributed by atoms with E-state index in [0.717, 1.165) is 10.0 Å². The highest BCUT2D eigenvalue weighted by Crippen LogP contribution is 2.27. The van der Waals surface area contributed by atoms with Crippen LogP contribution in [0.1, 0.15) is 5.89 Å². The third-order valence-corrected chi connectivity index (χ3v) is 4.15. The normalized spacial score (nSPS) is 12.3. The van der Waals surface area contributed by atoms with Crippen LogP contribution in [0.4, 0.5) is 0 Å². The summed E-state index contributed by atoms with van der Waals surface area (Å²) in [6.07, 6.45) is 0. The summed E-state index contributed by atoms with van der Waals surface area (Å²) >= 11 is 4.76. The highest BCUT2D eigenvalue weighted by molar-refractivity contribution is 9.10. The molecule has 0 aliphatic rings. The average molecular weight is 358 g/mol. The van der Waals surface area contributed by atoms with E-state index in [1.165, 1.54) is 11.8 Å². The second-order valence-electron chi connectivity index (χ2n) is 3.94. The van der Waals surface area contributed by atoms with Gasteiger partial charge in [0.25, 0.3) is 0 Å². The van der Waals surface area contributed by atoms with Gasteiger partial charge < -0.3 is 15.3 Å².